The van der Waals surface area contributed by atoms with Crippen LogP contribution in [0.25, 0.3) is 0 Å². The number of halogens is 1. The van der Waals surface area contributed by atoms with Gasteiger partial charge in [0.2, 0.25) is 0 Å². The van der Waals surface area contributed by atoms with E-state index >= 15 is 0 Å². The van der Waals surface area contributed by atoms with Gasteiger partial charge in [0.05, 0.1) is 0 Å². The summed E-state index contributed by atoms with van der Waals surface area (Å²) in [5.41, 5.74) is 0. The average Bonchev–Trinajstić information content (AvgIpc) is 2.49. The van der Waals surface area contributed by atoms with Crippen molar-refractivity contribution in [1.82, 2.24) is 14.9 Å². The van der Waals surface area contributed by atoms with Gasteiger partial charge in [-0.1, -0.05) is 6.42 Å². The van der Waals surface area contributed by atoms with Crippen LogP contribution in [0, 0.1) is 0 Å². The van der Waals surface area contributed by atoms with Gasteiger partial charge in [-0.25, -0.2) is 9.97 Å². The van der Waals surface area contributed by atoms with Crippen molar-refractivity contribution in [2.75, 3.05) is 36.8 Å². The number of anilines is 2. The monoisotopic (exact) mass is 355 g/mol. The summed E-state index contributed by atoms with van der Waals surface area (Å²) in [5, 5.41) is 6.62. The van der Waals surface area contributed by atoms with Crippen molar-refractivity contribution >= 4 is 27.6 Å². The summed E-state index contributed by atoms with van der Waals surface area (Å²) in [6.07, 6.45) is 6.81. The Morgan fingerprint density at radius 2 is 2.05 bits per heavy atom. The molecule has 2 N–H and O–H groups in total. The Hall–Kier alpha value is -0.880. The Balaban J connectivity index is 1.77. The fourth-order valence-electron chi connectivity index (χ4n) is 2.76. The van der Waals surface area contributed by atoms with Crippen LogP contribution in [0.15, 0.2) is 10.8 Å². The van der Waals surface area contributed by atoms with Crippen LogP contribution in [0.5, 0.6) is 0 Å². The highest BCUT2D eigenvalue weighted by atomic mass is 79.9. The van der Waals surface area contributed by atoms with Crippen molar-refractivity contribution in [3.63, 3.8) is 0 Å². The molecule has 1 atom stereocenters. The van der Waals surface area contributed by atoms with E-state index in [4.69, 9.17) is 0 Å². The largest absolute Gasteiger partial charge is 0.369 e. The number of nitrogens with one attached hydrogen (secondary N) is 2. The normalized spacial score (nSPS) is 19.5. The first-order valence-corrected chi connectivity index (χ1v) is 8.74. The minimum absolute atomic E-state index is 0.741. The lowest BCUT2D eigenvalue weighted by molar-refractivity contribution is 0.160. The molecule has 1 saturated heterocycles. The van der Waals surface area contributed by atoms with Gasteiger partial charge in [0, 0.05) is 25.7 Å². The lowest BCUT2D eigenvalue weighted by Gasteiger charge is -2.33. The number of hydrogen-bond acceptors (Lipinski definition) is 5. The SMILES string of the molecule is CCNc1ncnc(NCCCN2CCCCC2C)c1Br. The predicted molar refractivity (Wildman–Crippen MR) is 91.9 cm³/mol. The molecular weight excluding hydrogens is 330 g/mol. The summed E-state index contributed by atoms with van der Waals surface area (Å²) in [4.78, 5) is 11.1. The molecule has 118 valence electrons. The molecule has 21 heavy (non-hydrogen) atoms. The van der Waals surface area contributed by atoms with Crippen LogP contribution < -0.4 is 10.6 Å². The Morgan fingerprint density at radius 3 is 2.76 bits per heavy atom. The second-order valence-electron chi connectivity index (χ2n) is 5.58. The second kappa shape index (κ2) is 8.54. The minimum Gasteiger partial charge on any atom is -0.369 e. The Bertz CT molecular complexity index is 440. The number of nitrogens with zero attached hydrogens (tertiary/aromatic N) is 3. The zero-order valence-corrected chi connectivity index (χ0v) is 14.6. The van der Waals surface area contributed by atoms with Gasteiger partial charge in [-0.2, -0.15) is 0 Å². The van der Waals surface area contributed by atoms with Gasteiger partial charge in [0.25, 0.3) is 0 Å². The molecule has 2 heterocycles. The van der Waals surface area contributed by atoms with E-state index in [-0.39, 0.29) is 0 Å². The third-order valence-electron chi connectivity index (χ3n) is 3.99. The maximum Gasteiger partial charge on any atom is 0.145 e. The molecule has 0 spiro atoms. The lowest BCUT2D eigenvalue weighted by Crippen LogP contribution is -2.38. The van der Waals surface area contributed by atoms with Gasteiger partial charge in [0.1, 0.15) is 22.4 Å². The van der Waals surface area contributed by atoms with E-state index in [1.54, 1.807) is 6.33 Å². The number of likely N-dealkylation sites (tertiary alicyclic amines) is 1. The highest BCUT2D eigenvalue weighted by molar-refractivity contribution is 9.10. The molecular formula is C15H26BrN5. The third kappa shape index (κ3) is 4.81. The van der Waals surface area contributed by atoms with E-state index in [9.17, 15) is 0 Å². The fourth-order valence-corrected chi connectivity index (χ4v) is 3.25. The van der Waals surface area contributed by atoms with Crippen molar-refractivity contribution < 1.29 is 0 Å². The summed E-state index contributed by atoms with van der Waals surface area (Å²) in [6, 6.07) is 0.741. The van der Waals surface area contributed by atoms with Gasteiger partial charge < -0.3 is 15.5 Å². The van der Waals surface area contributed by atoms with Crippen LogP contribution in [0.1, 0.15) is 39.5 Å². The molecule has 1 aromatic rings. The second-order valence-corrected chi connectivity index (χ2v) is 6.37. The van der Waals surface area contributed by atoms with Crippen molar-refractivity contribution in [2.24, 2.45) is 0 Å². The third-order valence-corrected chi connectivity index (χ3v) is 4.74. The van der Waals surface area contributed by atoms with E-state index in [1.165, 1.54) is 25.8 Å². The van der Waals surface area contributed by atoms with Crippen LogP contribution in [-0.4, -0.2) is 47.1 Å². The zero-order chi connectivity index (χ0) is 15.1. The van der Waals surface area contributed by atoms with Crippen molar-refractivity contribution in [3.8, 4) is 0 Å². The first-order valence-electron chi connectivity index (χ1n) is 7.94. The standard InChI is InChI=1S/C15H26BrN5/c1-3-17-14-13(16)15(20-11-19-14)18-8-6-10-21-9-5-4-7-12(21)2/h11-12H,3-10H2,1-2H3,(H2,17,18,19,20). The molecule has 1 aromatic heterocycles. The van der Waals surface area contributed by atoms with Crippen LogP contribution >= 0.6 is 15.9 Å². The van der Waals surface area contributed by atoms with E-state index in [0.29, 0.717) is 0 Å². The summed E-state index contributed by atoms with van der Waals surface area (Å²) in [5.74, 6) is 1.72. The smallest absolute Gasteiger partial charge is 0.145 e. The van der Waals surface area contributed by atoms with E-state index in [1.807, 2.05) is 0 Å². The first kappa shape index (κ1) is 16.5. The summed E-state index contributed by atoms with van der Waals surface area (Å²) >= 11 is 3.56. The van der Waals surface area contributed by atoms with Gasteiger partial charge in [-0.05, 0) is 55.6 Å². The topological polar surface area (TPSA) is 53.1 Å². The van der Waals surface area contributed by atoms with E-state index < -0.39 is 0 Å². The zero-order valence-electron chi connectivity index (χ0n) is 13.0. The molecule has 0 aromatic carbocycles. The Morgan fingerprint density at radius 1 is 1.29 bits per heavy atom. The molecule has 0 amide bonds. The molecule has 5 nitrogen and oxygen atoms in total. The van der Waals surface area contributed by atoms with Crippen LogP contribution in [0.4, 0.5) is 11.6 Å². The Labute approximate surface area is 136 Å². The molecule has 1 aliphatic heterocycles. The van der Waals surface area contributed by atoms with Crippen molar-refractivity contribution in [2.45, 2.75) is 45.6 Å². The summed E-state index contributed by atoms with van der Waals surface area (Å²) in [6.45, 7) is 8.60. The highest BCUT2D eigenvalue weighted by Gasteiger charge is 2.17. The first-order chi connectivity index (χ1) is 10.2. The molecule has 1 unspecified atom stereocenters. The number of rotatable bonds is 7. The van der Waals surface area contributed by atoms with E-state index in [0.717, 1.165) is 48.2 Å². The van der Waals surface area contributed by atoms with Crippen LogP contribution in [-0.2, 0) is 0 Å². The fraction of sp³-hybridized carbons (Fsp3) is 0.733. The predicted octanol–water partition coefficient (Wildman–Crippen LogP) is 3.35. The summed E-state index contributed by atoms with van der Waals surface area (Å²) < 4.78 is 0.915. The quantitative estimate of drug-likeness (QED) is 0.734. The number of aromatic nitrogens is 2. The van der Waals surface area contributed by atoms with Crippen molar-refractivity contribution in [1.29, 1.82) is 0 Å². The molecule has 0 radical (unpaired) electrons. The average molecular weight is 356 g/mol. The number of piperidine rings is 1. The van der Waals surface area contributed by atoms with Crippen molar-refractivity contribution in [3.05, 3.63) is 10.8 Å². The van der Waals surface area contributed by atoms with Crippen LogP contribution in [0.3, 0.4) is 0 Å². The van der Waals surface area contributed by atoms with Gasteiger partial charge >= 0.3 is 0 Å². The molecule has 0 bridgehead atoms. The minimum atomic E-state index is 0.741. The molecule has 6 heteroatoms. The maximum atomic E-state index is 4.30. The van der Waals surface area contributed by atoms with Gasteiger partial charge in [0.15, 0.2) is 0 Å². The van der Waals surface area contributed by atoms with Gasteiger partial charge in [-0.3, -0.25) is 0 Å². The van der Waals surface area contributed by atoms with E-state index in [2.05, 4.69) is 55.3 Å². The number of hydrogen-bond donors (Lipinski definition) is 2. The van der Waals surface area contributed by atoms with Gasteiger partial charge in [-0.15, -0.1) is 0 Å². The molecule has 1 fully saturated rings. The molecule has 2 rings (SSSR count). The molecule has 0 saturated carbocycles. The van der Waals surface area contributed by atoms with Crippen LogP contribution in [0.2, 0.25) is 0 Å². The Kier molecular flexibility index (Phi) is 6.70. The maximum absolute atomic E-state index is 4.30. The lowest BCUT2D eigenvalue weighted by atomic mass is 10.0. The summed E-state index contributed by atoms with van der Waals surface area (Å²) in [7, 11) is 0. The molecule has 1 aliphatic rings. The highest BCUT2D eigenvalue weighted by Crippen LogP contribution is 2.26. The molecule has 0 aliphatic carbocycles.